The van der Waals surface area contributed by atoms with Gasteiger partial charge in [0.05, 0.1) is 25.2 Å². The summed E-state index contributed by atoms with van der Waals surface area (Å²) in [5, 5.41) is 0. The number of aryl methyl sites for hydroxylation is 2. The minimum Gasteiger partial charge on any atom is -0.324 e. The highest BCUT2D eigenvalue weighted by Gasteiger charge is 2.45. The van der Waals surface area contributed by atoms with Gasteiger partial charge in [-0.2, -0.15) is 0 Å². The lowest BCUT2D eigenvalue weighted by Crippen LogP contribution is -3.16. The number of nitrogens with zero attached hydrogens (tertiary/aromatic N) is 1. The Hall–Kier alpha value is -1.68. The van der Waals surface area contributed by atoms with E-state index in [1.54, 1.807) is 0 Å². The van der Waals surface area contributed by atoms with Crippen LogP contribution in [0.1, 0.15) is 43.2 Å². The van der Waals surface area contributed by atoms with Crippen LogP contribution in [0.15, 0.2) is 18.2 Å². The molecule has 118 valence electrons. The van der Waals surface area contributed by atoms with Gasteiger partial charge in [0, 0.05) is 0 Å². The Morgan fingerprint density at radius 3 is 2.32 bits per heavy atom. The highest BCUT2D eigenvalue weighted by molar-refractivity contribution is 6.21. The molecule has 0 spiro atoms. The van der Waals surface area contributed by atoms with Crippen LogP contribution in [0, 0.1) is 13.8 Å². The van der Waals surface area contributed by atoms with E-state index in [1.807, 2.05) is 32.0 Å². The number of hydrogen-bond acceptors (Lipinski definition) is 2. The predicted molar refractivity (Wildman–Crippen MR) is 86.0 cm³/mol. The van der Waals surface area contributed by atoms with Crippen molar-refractivity contribution in [3.05, 3.63) is 29.3 Å². The Morgan fingerprint density at radius 2 is 1.68 bits per heavy atom. The molecule has 2 saturated heterocycles. The number of anilines is 1. The number of benzene rings is 1. The van der Waals surface area contributed by atoms with Crippen molar-refractivity contribution < 1.29 is 14.5 Å². The monoisotopic (exact) mass is 301 g/mol. The molecular formula is C18H25N2O2+. The molecule has 2 fully saturated rings. The second kappa shape index (κ2) is 6.21. The number of amides is 2. The van der Waals surface area contributed by atoms with Crippen molar-refractivity contribution >= 4 is 17.5 Å². The molecule has 1 aromatic rings. The minimum atomic E-state index is -0.174. The van der Waals surface area contributed by atoms with Crippen LogP contribution in [0.5, 0.6) is 0 Å². The first-order valence-corrected chi connectivity index (χ1v) is 8.36. The number of rotatable bonds is 2. The van der Waals surface area contributed by atoms with Gasteiger partial charge in [-0.25, -0.2) is 4.90 Å². The van der Waals surface area contributed by atoms with Gasteiger partial charge in [-0.15, -0.1) is 0 Å². The second-order valence-corrected chi connectivity index (χ2v) is 6.67. The third kappa shape index (κ3) is 2.80. The zero-order valence-corrected chi connectivity index (χ0v) is 13.5. The number of carbonyl (C=O) groups excluding carboxylic acids is 2. The summed E-state index contributed by atoms with van der Waals surface area (Å²) in [6.07, 6.45) is 5.19. The second-order valence-electron chi connectivity index (χ2n) is 6.67. The van der Waals surface area contributed by atoms with Crippen LogP contribution < -0.4 is 9.80 Å². The zero-order valence-electron chi connectivity index (χ0n) is 13.5. The molecule has 0 saturated carbocycles. The largest absolute Gasteiger partial charge is 0.324 e. The van der Waals surface area contributed by atoms with Crippen molar-refractivity contribution in [2.75, 3.05) is 18.0 Å². The molecule has 1 N–H and O–H groups in total. The Kier molecular flexibility index (Phi) is 4.30. The number of nitrogens with one attached hydrogen (secondary N) is 1. The first-order chi connectivity index (χ1) is 10.6. The Bertz CT molecular complexity index is 589. The van der Waals surface area contributed by atoms with Crippen molar-refractivity contribution in [1.82, 2.24) is 0 Å². The fraction of sp³-hybridized carbons (Fsp3) is 0.556. The zero-order chi connectivity index (χ0) is 15.7. The maximum atomic E-state index is 12.8. The molecule has 0 radical (unpaired) electrons. The van der Waals surface area contributed by atoms with E-state index in [1.165, 1.54) is 28.2 Å². The number of quaternary nitrogens is 1. The van der Waals surface area contributed by atoms with Gasteiger partial charge in [0.15, 0.2) is 6.04 Å². The number of hydrogen-bond donors (Lipinski definition) is 1. The molecule has 4 nitrogen and oxygen atoms in total. The van der Waals surface area contributed by atoms with Crippen LogP contribution in [0.4, 0.5) is 5.69 Å². The third-order valence-corrected chi connectivity index (χ3v) is 5.13. The highest BCUT2D eigenvalue weighted by atomic mass is 16.2. The number of imide groups is 1. The van der Waals surface area contributed by atoms with Gasteiger partial charge in [-0.05, 0) is 62.8 Å². The average Bonchev–Trinajstić information content (AvgIpc) is 2.70. The van der Waals surface area contributed by atoms with Crippen molar-refractivity contribution in [3.63, 3.8) is 0 Å². The van der Waals surface area contributed by atoms with E-state index in [4.69, 9.17) is 0 Å². The molecule has 3 rings (SSSR count). The molecule has 22 heavy (non-hydrogen) atoms. The average molecular weight is 301 g/mol. The minimum absolute atomic E-state index is 0.00912. The first kappa shape index (κ1) is 15.2. The lowest BCUT2D eigenvalue weighted by atomic mass is 10.1. The lowest BCUT2D eigenvalue weighted by Gasteiger charge is -2.22. The number of likely N-dealkylation sites (tertiary alicyclic amines) is 1. The maximum absolute atomic E-state index is 12.8. The van der Waals surface area contributed by atoms with Crippen LogP contribution in [0.25, 0.3) is 0 Å². The van der Waals surface area contributed by atoms with Crippen LogP contribution in [0.2, 0.25) is 0 Å². The molecule has 0 unspecified atom stereocenters. The van der Waals surface area contributed by atoms with Gasteiger partial charge in [-0.3, -0.25) is 9.59 Å². The summed E-state index contributed by atoms with van der Waals surface area (Å²) >= 11 is 0. The molecule has 2 aliphatic heterocycles. The summed E-state index contributed by atoms with van der Waals surface area (Å²) in [5.41, 5.74) is 3.02. The Balaban J connectivity index is 1.83. The molecule has 0 aliphatic carbocycles. The molecule has 1 aromatic carbocycles. The molecule has 0 bridgehead atoms. The predicted octanol–water partition coefficient (Wildman–Crippen LogP) is 1.39. The van der Waals surface area contributed by atoms with Gasteiger partial charge >= 0.3 is 0 Å². The molecule has 1 atom stereocenters. The molecule has 2 heterocycles. The Morgan fingerprint density at radius 1 is 1.00 bits per heavy atom. The summed E-state index contributed by atoms with van der Waals surface area (Å²) in [6, 6.07) is 5.65. The lowest BCUT2D eigenvalue weighted by molar-refractivity contribution is -0.914. The SMILES string of the molecule is Cc1ccc(N2C(=O)C[C@H]([NH+]3CCCCCC3)C2=O)cc1C. The fourth-order valence-electron chi connectivity index (χ4n) is 3.62. The summed E-state index contributed by atoms with van der Waals surface area (Å²) in [6.45, 7) is 6.09. The van der Waals surface area contributed by atoms with E-state index in [2.05, 4.69) is 0 Å². The summed E-state index contributed by atoms with van der Waals surface area (Å²) < 4.78 is 0. The van der Waals surface area contributed by atoms with Crippen LogP contribution >= 0.6 is 0 Å². The van der Waals surface area contributed by atoms with E-state index in [0.717, 1.165) is 37.2 Å². The first-order valence-electron chi connectivity index (χ1n) is 8.36. The third-order valence-electron chi connectivity index (χ3n) is 5.13. The van der Waals surface area contributed by atoms with Crippen molar-refractivity contribution in [3.8, 4) is 0 Å². The molecule has 2 aliphatic rings. The maximum Gasteiger partial charge on any atom is 0.292 e. The summed E-state index contributed by atoms with van der Waals surface area (Å²) in [4.78, 5) is 27.9. The van der Waals surface area contributed by atoms with Crippen molar-refractivity contribution in [2.45, 2.75) is 52.0 Å². The summed E-state index contributed by atoms with van der Waals surface area (Å²) in [5.74, 6) is -0.0554. The van der Waals surface area contributed by atoms with Crippen LogP contribution in [0.3, 0.4) is 0 Å². The van der Waals surface area contributed by atoms with E-state index in [9.17, 15) is 9.59 Å². The van der Waals surface area contributed by atoms with Crippen molar-refractivity contribution in [1.29, 1.82) is 0 Å². The highest BCUT2D eigenvalue weighted by Crippen LogP contribution is 2.24. The molecule has 0 aromatic heterocycles. The van der Waals surface area contributed by atoms with E-state index in [0.29, 0.717) is 6.42 Å². The number of carbonyl (C=O) groups is 2. The van der Waals surface area contributed by atoms with Gasteiger partial charge in [0.25, 0.3) is 5.91 Å². The quantitative estimate of drug-likeness (QED) is 0.839. The molecule has 2 amide bonds. The topological polar surface area (TPSA) is 41.8 Å². The van der Waals surface area contributed by atoms with Gasteiger partial charge in [-0.1, -0.05) is 6.07 Å². The molecular weight excluding hydrogens is 276 g/mol. The summed E-state index contributed by atoms with van der Waals surface area (Å²) in [7, 11) is 0. The van der Waals surface area contributed by atoms with Crippen molar-refractivity contribution in [2.24, 2.45) is 0 Å². The fourth-order valence-corrected chi connectivity index (χ4v) is 3.62. The van der Waals surface area contributed by atoms with Crippen LogP contribution in [-0.2, 0) is 9.59 Å². The van der Waals surface area contributed by atoms with Gasteiger partial charge in [0.1, 0.15) is 0 Å². The van der Waals surface area contributed by atoms with E-state index in [-0.39, 0.29) is 17.9 Å². The van der Waals surface area contributed by atoms with Crippen LogP contribution in [-0.4, -0.2) is 30.9 Å². The van der Waals surface area contributed by atoms with E-state index >= 15 is 0 Å². The van der Waals surface area contributed by atoms with Gasteiger partial charge in [0.2, 0.25) is 5.91 Å². The Labute approximate surface area is 132 Å². The van der Waals surface area contributed by atoms with E-state index < -0.39 is 0 Å². The normalized spacial score (nSPS) is 23.9. The smallest absolute Gasteiger partial charge is 0.292 e. The van der Waals surface area contributed by atoms with Gasteiger partial charge < -0.3 is 4.90 Å². The standard InChI is InChI=1S/C18H24N2O2/c1-13-7-8-15(11-14(13)2)20-17(21)12-16(18(20)22)19-9-5-3-4-6-10-19/h7-8,11,16H,3-6,9-10,12H2,1-2H3/p+1/t16-/m0/s1. The molecule has 4 heteroatoms.